The van der Waals surface area contributed by atoms with Crippen molar-refractivity contribution < 1.29 is 8.78 Å². The largest absolute Gasteiger partial charge is 0.330 e. The summed E-state index contributed by atoms with van der Waals surface area (Å²) in [5, 5.41) is 4.70. The number of aromatic nitrogens is 2. The standard InChI is InChI=1S/C69H69F2N3/c1-42(2)57-34-26-45-38-46(66(3,4)5)27-35-58(45)72(57)64-53(43-22-30-49(70)31-23-43)41-54(44-24-32-50(71)33-25-44)65(63(64)69(12,13)74-61-20-16-14-18-51(61)52-19-15-17-21-62(52)74)73-59-36-28-47(67(6,7)8)39-55(59)56-40-48(68(9,10)11)29-37-60(56)73/h14-25,27-42H,26H2,1-13H3. The van der Waals surface area contributed by atoms with E-state index in [1.165, 1.54) is 49.5 Å². The van der Waals surface area contributed by atoms with Crippen LogP contribution in [0.4, 0.5) is 20.2 Å². The van der Waals surface area contributed by atoms with Crippen molar-refractivity contribution >= 4 is 55.0 Å². The fourth-order valence-electron chi connectivity index (χ4n) is 11.9. The predicted octanol–water partition coefficient (Wildman–Crippen LogP) is 19.4. The van der Waals surface area contributed by atoms with Gasteiger partial charge in [-0.15, -0.1) is 0 Å². The summed E-state index contributed by atoms with van der Waals surface area (Å²) >= 11 is 0. The number of nitrogens with zero attached hydrogens (tertiary/aromatic N) is 3. The third-order valence-electron chi connectivity index (χ3n) is 15.8. The Labute approximate surface area is 436 Å². The minimum Gasteiger partial charge on any atom is -0.330 e. The van der Waals surface area contributed by atoms with Gasteiger partial charge < -0.3 is 14.0 Å². The van der Waals surface area contributed by atoms with Crippen LogP contribution in [0.2, 0.25) is 0 Å². The molecular weight excluding hydrogens is 909 g/mol. The number of para-hydroxylation sites is 2. The number of hydrogen-bond donors (Lipinski definition) is 0. The number of halogens is 2. The molecule has 0 bridgehead atoms. The molecule has 0 radical (unpaired) electrons. The lowest BCUT2D eigenvalue weighted by molar-refractivity contribution is 0.464. The first-order chi connectivity index (χ1) is 35.0. The molecule has 0 spiro atoms. The number of rotatable bonds is 7. The average molecular weight is 978 g/mol. The second-order valence-corrected chi connectivity index (χ2v) is 24.7. The SMILES string of the molecule is CC(C)C1=CCc2cc(C(C)(C)C)ccc2N1c1c(-c2ccc(F)cc2)cc(-c2ccc(F)cc2)c(-n2c3ccc(C(C)(C)C)cc3c3cc(C(C)(C)C)ccc32)c1C(C)(C)n1c2ccccc2c2ccccc21. The van der Waals surface area contributed by atoms with Crippen molar-refractivity contribution in [2.24, 2.45) is 5.92 Å². The van der Waals surface area contributed by atoms with Gasteiger partial charge in [0.2, 0.25) is 0 Å². The van der Waals surface area contributed by atoms with Crippen LogP contribution in [-0.2, 0) is 28.2 Å². The molecule has 1 aliphatic heterocycles. The fraction of sp³-hybridized carbons (Fsp3) is 0.275. The van der Waals surface area contributed by atoms with Crippen LogP contribution >= 0.6 is 0 Å². The summed E-state index contributed by atoms with van der Waals surface area (Å²) in [6.45, 7) is 29.9. The van der Waals surface area contributed by atoms with Crippen molar-refractivity contribution in [2.45, 2.75) is 118 Å². The normalized spacial score (nSPS) is 13.7. The van der Waals surface area contributed by atoms with Crippen molar-refractivity contribution in [3.05, 3.63) is 209 Å². The zero-order chi connectivity index (χ0) is 52.4. The summed E-state index contributed by atoms with van der Waals surface area (Å²) in [4.78, 5) is 2.56. The van der Waals surface area contributed by atoms with Gasteiger partial charge in [-0.25, -0.2) is 8.78 Å². The number of benzene rings is 8. The smallest absolute Gasteiger partial charge is 0.123 e. The van der Waals surface area contributed by atoms with E-state index in [1.807, 2.05) is 24.3 Å². The number of hydrogen-bond acceptors (Lipinski definition) is 1. The third kappa shape index (κ3) is 8.06. The van der Waals surface area contributed by atoms with Crippen molar-refractivity contribution in [2.75, 3.05) is 4.90 Å². The summed E-state index contributed by atoms with van der Waals surface area (Å²) in [5.74, 6) is -0.480. The highest BCUT2D eigenvalue weighted by Crippen LogP contribution is 2.56. The van der Waals surface area contributed by atoms with Gasteiger partial charge in [0, 0.05) is 60.7 Å². The van der Waals surface area contributed by atoms with E-state index >= 15 is 8.78 Å². The Hall–Kier alpha value is -7.24. The van der Waals surface area contributed by atoms with Crippen molar-refractivity contribution in [3.8, 4) is 27.9 Å². The van der Waals surface area contributed by atoms with Gasteiger partial charge in [-0.05, 0) is 149 Å². The first-order valence-corrected chi connectivity index (χ1v) is 26.5. The lowest BCUT2D eigenvalue weighted by atomic mass is 9.80. The van der Waals surface area contributed by atoms with Crippen LogP contribution in [-0.4, -0.2) is 9.13 Å². The molecule has 0 aliphatic carbocycles. The number of allylic oxidation sites excluding steroid dienone is 2. The molecule has 0 unspecified atom stereocenters. The molecule has 74 heavy (non-hydrogen) atoms. The molecule has 0 fully saturated rings. The highest BCUT2D eigenvalue weighted by molar-refractivity contribution is 6.12. The van der Waals surface area contributed by atoms with E-state index in [0.717, 1.165) is 73.4 Å². The Morgan fingerprint density at radius 3 is 1.36 bits per heavy atom. The van der Waals surface area contributed by atoms with Crippen LogP contribution in [0.5, 0.6) is 0 Å². The summed E-state index contributed by atoms with van der Waals surface area (Å²) in [7, 11) is 0. The average Bonchev–Trinajstić information content (AvgIpc) is 3.88. The van der Waals surface area contributed by atoms with Gasteiger partial charge in [-0.1, -0.05) is 167 Å². The summed E-state index contributed by atoms with van der Waals surface area (Å²) < 4.78 is 35.9. The minimum absolute atomic E-state index is 0.0644. The van der Waals surface area contributed by atoms with E-state index in [1.54, 1.807) is 24.3 Å². The van der Waals surface area contributed by atoms with Gasteiger partial charge in [0.1, 0.15) is 11.6 Å². The van der Waals surface area contributed by atoms with E-state index < -0.39 is 5.54 Å². The second kappa shape index (κ2) is 17.4. The first-order valence-electron chi connectivity index (χ1n) is 26.5. The molecule has 0 saturated heterocycles. The van der Waals surface area contributed by atoms with Crippen LogP contribution < -0.4 is 4.90 Å². The van der Waals surface area contributed by atoms with Gasteiger partial charge in [0.25, 0.3) is 0 Å². The van der Waals surface area contributed by atoms with Gasteiger partial charge in [0.15, 0.2) is 0 Å². The lowest BCUT2D eigenvalue weighted by Crippen LogP contribution is -2.34. The molecule has 0 atom stereocenters. The zero-order valence-corrected chi connectivity index (χ0v) is 45.5. The molecule has 0 amide bonds. The van der Waals surface area contributed by atoms with E-state index in [4.69, 9.17) is 0 Å². The van der Waals surface area contributed by atoms with Gasteiger partial charge >= 0.3 is 0 Å². The van der Waals surface area contributed by atoms with Crippen molar-refractivity contribution in [1.29, 1.82) is 0 Å². The Kier molecular flexibility index (Phi) is 11.5. The summed E-state index contributed by atoms with van der Waals surface area (Å²) in [6, 6.07) is 55.0. The van der Waals surface area contributed by atoms with E-state index in [9.17, 15) is 0 Å². The maximum atomic E-state index is 15.4. The molecule has 2 aromatic heterocycles. The topological polar surface area (TPSA) is 13.1 Å². The maximum absolute atomic E-state index is 15.4. The molecule has 10 aromatic rings. The number of fused-ring (bicyclic) bond motifs is 7. The highest BCUT2D eigenvalue weighted by atomic mass is 19.1. The molecule has 374 valence electrons. The van der Waals surface area contributed by atoms with Crippen molar-refractivity contribution in [3.63, 3.8) is 0 Å². The molecule has 11 rings (SSSR count). The summed E-state index contributed by atoms with van der Waals surface area (Å²) in [6.07, 6.45) is 3.22. The molecule has 8 aromatic carbocycles. The molecule has 0 N–H and O–H groups in total. The Morgan fingerprint density at radius 2 is 0.892 bits per heavy atom. The van der Waals surface area contributed by atoms with E-state index in [-0.39, 0.29) is 33.8 Å². The lowest BCUT2D eigenvalue weighted by Gasteiger charge is -2.43. The van der Waals surface area contributed by atoms with E-state index in [0.29, 0.717) is 0 Å². The van der Waals surface area contributed by atoms with Crippen LogP contribution in [0.1, 0.15) is 118 Å². The second-order valence-electron chi connectivity index (χ2n) is 24.7. The monoisotopic (exact) mass is 978 g/mol. The minimum atomic E-state index is -0.844. The van der Waals surface area contributed by atoms with Crippen molar-refractivity contribution in [1.82, 2.24) is 9.13 Å². The molecular formula is C69H69F2N3. The molecule has 0 saturated carbocycles. The van der Waals surface area contributed by atoms with Crippen LogP contribution in [0, 0.1) is 17.6 Å². The molecule has 1 aliphatic rings. The molecule has 5 heteroatoms. The fourth-order valence-corrected chi connectivity index (χ4v) is 11.9. The first kappa shape index (κ1) is 49.0. The Bertz CT molecular complexity index is 3750. The van der Waals surface area contributed by atoms with Crippen LogP contribution in [0.15, 0.2) is 169 Å². The molecule has 3 heterocycles. The third-order valence-corrected chi connectivity index (χ3v) is 15.8. The van der Waals surface area contributed by atoms with Gasteiger partial charge in [-0.2, -0.15) is 0 Å². The molecule has 3 nitrogen and oxygen atoms in total. The van der Waals surface area contributed by atoms with Crippen LogP contribution in [0.25, 0.3) is 71.6 Å². The summed E-state index contributed by atoms with van der Waals surface area (Å²) in [5.41, 5.74) is 17.4. The van der Waals surface area contributed by atoms with Gasteiger partial charge in [0.05, 0.1) is 27.9 Å². The Morgan fingerprint density at radius 1 is 0.446 bits per heavy atom. The van der Waals surface area contributed by atoms with Gasteiger partial charge in [-0.3, -0.25) is 0 Å². The maximum Gasteiger partial charge on any atom is 0.123 e. The quantitative estimate of drug-likeness (QED) is 0.155. The Balaban J connectivity index is 1.44. The zero-order valence-electron chi connectivity index (χ0n) is 45.5. The number of anilines is 2. The predicted molar refractivity (Wildman–Crippen MR) is 311 cm³/mol. The van der Waals surface area contributed by atoms with Crippen LogP contribution in [0.3, 0.4) is 0 Å². The van der Waals surface area contributed by atoms with E-state index in [2.05, 4.69) is 219 Å². The highest BCUT2D eigenvalue weighted by Gasteiger charge is 2.41.